The Hall–Kier alpha value is -0.730. The molecule has 1 aliphatic heterocycles. The lowest BCUT2D eigenvalue weighted by Crippen LogP contribution is -2.09. The SMILES string of the molecule is O=C1OCCCCCCCCCO1. The van der Waals surface area contributed by atoms with Gasteiger partial charge in [-0.2, -0.15) is 0 Å². The lowest BCUT2D eigenvalue weighted by atomic mass is 10.1. The van der Waals surface area contributed by atoms with Crippen LogP contribution in [0.2, 0.25) is 0 Å². The molecule has 0 atom stereocenters. The molecule has 3 heteroatoms. The summed E-state index contributed by atoms with van der Waals surface area (Å²) in [4.78, 5) is 10.9. The maximum Gasteiger partial charge on any atom is 0.508 e. The highest BCUT2D eigenvalue weighted by atomic mass is 16.7. The molecule has 0 aromatic heterocycles. The van der Waals surface area contributed by atoms with Crippen LogP contribution in [0.3, 0.4) is 0 Å². The third-order valence-corrected chi connectivity index (χ3v) is 2.23. The third kappa shape index (κ3) is 5.50. The normalized spacial score (nSPS) is 22.0. The Morgan fingerprint density at radius 1 is 0.692 bits per heavy atom. The zero-order valence-electron chi connectivity index (χ0n) is 8.09. The largest absolute Gasteiger partial charge is 0.508 e. The Morgan fingerprint density at radius 2 is 1.08 bits per heavy atom. The van der Waals surface area contributed by atoms with Crippen molar-refractivity contribution in [1.29, 1.82) is 0 Å². The first-order valence-electron chi connectivity index (χ1n) is 5.19. The van der Waals surface area contributed by atoms with Gasteiger partial charge in [-0.15, -0.1) is 0 Å². The molecule has 3 nitrogen and oxygen atoms in total. The van der Waals surface area contributed by atoms with Crippen molar-refractivity contribution in [1.82, 2.24) is 0 Å². The highest BCUT2D eigenvalue weighted by molar-refractivity contribution is 5.59. The molecule has 0 bridgehead atoms. The predicted octanol–water partition coefficient (Wildman–Crippen LogP) is 2.88. The van der Waals surface area contributed by atoms with Crippen LogP contribution in [0.5, 0.6) is 0 Å². The monoisotopic (exact) mass is 186 g/mol. The average molecular weight is 186 g/mol. The quantitative estimate of drug-likeness (QED) is 0.546. The van der Waals surface area contributed by atoms with Crippen molar-refractivity contribution in [3.8, 4) is 0 Å². The van der Waals surface area contributed by atoms with E-state index >= 15 is 0 Å². The molecule has 1 saturated heterocycles. The van der Waals surface area contributed by atoms with Gasteiger partial charge in [0.05, 0.1) is 13.2 Å². The molecule has 0 aliphatic carbocycles. The van der Waals surface area contributed by atoms with Gasteiger partial charge in [0.25, 0.3) is 0 Å². The van der Waals surface area contributed by atoms with E-state index in [2.05, 4.69) is 0 Å². The van der Waals surface area contributed by atoms with E-state index in [-0.39, 0.29) is 0 Å². The van der Waals surface area contributed by atoms with Crippen LogP contribution in [-0.4, -0.2) is 19.4 Å². The van der Waals surface area contributed by atoms with E-state index in [9.17, 15) is 4.79 Å². The van der Waals surface area contributed by atoms with Crippen molar-refractivity contribution in [2.75, 3.05) is 13.2 Å². The molecule has 0 radical (unpaired) electrons. The van der Waals surface area contributed by atoms with E-state index in [1.807, 2.05) is 0 Å². The second-order valence-corrected chi connectivity index (χ2v) is 3.42. The summed E-state index contributed by atoms with van der Waals surface area (Å²) in [6, 6.07) is 0. The van der Waals surface area contributed by atoms with Crippen LogP contribution in [0.15, 0.2) is 0 Å². The van der Waals surface area contributed by atoms with Crippen LogP contribution in [0, 0.1) is 0 Å². The average Bonchev–Trinajstić information content (AvgIpc) is 2.11. The topological polar surface area (TPSA) is 35.5 Å². The van der Waals surface area contributed by atoms with Gasteiger partial charge < -0.3 is 9.47 Å². The summed E-state index contributed by atoms with van der Waals surface area (Å²) in [7, 11) is 0. The second-order valence-electron chi connectivity index (χ2n) is 3.42. The second kappa shape index (κ2) is 6.75. The first-order chi connectivity index (χ1) is 6.39. The van der Waals surface area contributed by atoms with Crippen LogP contribution >= 0.6 is 0 Å². The van der Waals surface area contributed by atoms with E-state index in [1.54, 1.807) is 0 Å². The smallest absolute Gasteiger partial charge is 0.434 e. The van der Waals surface area contributed by atoms with Gasteiger partial charge in [0.1, 0.15) is 0 Å². The summed E-state index contributed by atoms with van der Waals surface area (Å²) in [5, 5.41) is 0. The van der Waals surface area contributed by atoms with Crippen LogP contribution < -0.4 is 0 Å². The number of carbonyl (C=O) groups is 1. The van der Waals surface area contributed by atoms with Crippen LogP contribution in [0.25, 0.3) is 0 Å². The van der Waals surface area contributed by atoms with Crippen molar-refractivity contribution < 1.29 is 14.3 Å². The van der Waals surface area contributed by atoms with E-state index in [0.717, 1.165) is 25.7 Å². The Bertz CT molecular complexity index is 131. The van der Waals surface area contributed by atoms with Crippen LogP contribution in [0.1, 0.15) is 44.9 Å². The minimum absolute atomic E-state index is 0.499. The highest BCUT2D eigenvalue weighted by Gasteiger charge is 2.03. The van der Waals surface area contributed by atoms with Gasteiger partial charge in [0.15, 0.2) is 0 Å². The molecular weight excluding hydrogens is 168 g/mol. The highest BCUT2D eigenvalue weighted by Crippen LogP contribution is 2.08. The lowest BCUT2D eigenvalue weighted by molar-refractivity contribution is 0.0522. The van der Waals surface area contributed by atoms with Gasteiger partial charge in [-0.05, 0) is 12.8 Å². The van der Waals surface area contributed by atoms with Crippen molar-refractivity contribution in [2.24, 2.45) is 0 Å². The van der Waals surface area contributed by atoms with E-state index in [4.69, 9.17) is 9.47 Å². The summed E-state index contributed by atoms with van der Waals surface area (Å²) in [6.07, 6.45) is 7.58. The predicted molar refractivity (Wildman–Crippen MR) is 49.6 cm³/mol. The first kappa shape index (κ1) is 10.4. The number of hydrogen-bond donors (Lipinski definition) is 0. The molecule has 0 N–H and O–H groups in total. The molecule has 0 aromatic rings. The fraction of sp³-hybridized carbons (Fsp3) is 0.900. The van der Waals surface area contributed by atoms with E-state index in [1.165, 1.54) is 19.3 Å². The molecule has 1 heterocycles. The molecular formula is C10H18O3. The fourth-order valence-corrected chi connectivity index (χ4v) is 1.44. The molecule has 0 saturated carbocycles. The van der Waals surface area contributed by atoms with Gasteiger partial charge in [0.2, 0.25) is 0 Å². The molecule has 13 heavy (non-hydrogen) atoms. The number of rotatable bonds is 0. The molecule has 1 aliphatic rings. The Labute approximate surface area is 79.4 Å². The van der Waals surface area contributed by atoms with Crippen LogP contribution in [0.4, 0.5) is 4.79 Å². The van der Waals surface area contributed by atoms with E-state index in [0.29, 0.717) is 13.2 Å². The lowest BCUT2D eigenvalue weighted by Gasteiger charge is -2.08. The summed E-state index contributed by atoms with van der Waals surface area (Å²) in [6.45, 7) is 1.03. The summed E-state index contributed by atoms with van der Waals surface area (Å²) < 4.78 is 9.71. The Kier molecular flexibility index (Phi) is 5.38. The maximum absolute atomic E-state index is 10.9. The molecule has 1 fully saturated rings. The molecule has 1 rings (SSSR count). The standard InChI is InChI=1S/C10H18O3/c11-10-12-8-6-4-2-1-3-5-7-9-13-10/h1-9H2. The van der Waals surface area contributed by atoms with Crippen molar-refractivity contribution in [3.05, 3.63) is 0 Å². The van der Waals surface area contributed by atoms with Gasteiger partial charge >= 0.3 is 6.16 Å². The minimum Gasteiger partial charge on any atom is -0.434 e. The zero-order valence-corrected chi connectivity index (χ0v) is 8.09. The summed E-state index contributed by atoms with van der Waals surface area (Å²) in [5.41, 5.74) is 0. The van der Waals surface area contributed by atoms with E-state index < -0.39 is 6.16 Å². The number of carbonyl (C=O) groups excluding carboxylic acids is 1. The van der Waals surface area contributed by atoms with Crippen LogP contribution in [-0.2, 0) is 9.47 Å². The summed E-state index contributed by atoms with van der Waals surface area (Å²) in [5.74, 6) is 0. The molecule has 0 unspecified atom stereocenters. The van der Waals surface area contributed by atoms with Crippen molar-refractivity contribution in [3.63, 3.8) is 0 Å². The van der Waals surface area contributed by atoms with Gasteiger partial charge in [-0.25, -0.2) is 4.79 Å². The Balaban J connectivity index is 2.14. The maximum atomic E-state index is 10.9. The number of cyclic esters (lactones) is 2. The number of hydrogen-bond acceptors (Lipinski definition) is 3. The summed E-state index contributed by atoms with van der Waals surface area (Å²) >= 11 is 0. The fourth-order valence-electron chi connectivity index (χ4n) is 1.44. The number of ether oxygens (including phenoxy) is 2. The minimum atomic E-state index is -0.499. The first-order valence-corrected chi connectivity index (χ1v) is 5.19. The molecule has 0 spiro atoms. The van der Waals surface area contributed by atoms with Gasteiger partial charge in [0, 0.05) is 0 Å². The van der Waals surface area contributed by atoms with Gasteiger partial charge in [-0.3, -0.25) is 0 Å². The zero-order chi connectivity index (χ0) is 9.36. The Morgan fingerprint density at radius 3 is 1.54 bits per heavy atom. The van der Waals surface area contributed by atoms with Gasteiger partial charge in [-0.1, -0.05) is 32.1 Å². The van der Waals surface area contributed by atoms with Crippen molar-refractivity contribution >= 4 is 6.16 Å². The molecule has 76 valence electrons. The molecule has 0 aromatic carbocycles. The third-order valence-electron chi connectivity index (χ3n) is 2.23. The molecule has 0 amide bonds. The van der Waals surface area contributed by atoms with Crippen molar-refractivity contribution in [2.45, 2.75) is 44.9 Å².